The Morgan fingerprint density at radius 3 is 2.35 bits per heavy atom. The van der Waals surface area contributed by atoms with Gasteiger partial charge in [0.2, 0.25) is 0 Å². The van der Waals surface area contributed by atoms with Crippen molar-refractivity contribution < 1.29 is 0 Å². The second kappa shape index (κ2) is 3.36. The Balaban J connectivity index is 2.20. The number of hydrogen-bond donors (Lipinski definition) is 2. The van der Waals surface area contributed by atoms with Crippen LogP contribution in [0.25, 0.3) is 0 Å². The van der Waals surface area contributed by atoms with Crippen LogP contribution in [-0.4, -0.2) is 11.0 Å². The van der Waals surface area contributed by atoms with Crippen LogP contribution in [0.5, 0.6) is 0 Å². The molecule has 1 saturated carbocycles. The molecule has 0 saturated heterocycles. The fraction of sp³-hybridized carbons (Fsp3) is 0.538. The molecule has 1 fully saturated rings. The quantitative estimate of drug-likeness (QED) is 0.818. The first kappa shape index (κ1) is 11.7. The molecule has 2 rings (SSSR count). The maximum absolute atomic E-state index is 8.88. The first-order valence-corrected chi connectivity index (χ1v) is 5.74. The van der Waals surface area contributed by atoms with Crippen molar-refractivity contribution in [2.75, 3.05) is 11.1 Å². The van der Waals surface area contributed by atoms with Crippen molar-refractivity contribution in [1.82, 2.24) is 4.98 Å². The first-order chi connectivity index (χ1) is 7.80. The number of hydrogen-bond acceptors (Lipinski definition) is 4. The molecule has 0 aliphatic heterocycles. The Morgan fingerprint density at radius 1 is 1.29 bits per heavy atom. The van der Waals surface area contributed by atoms with E-state index < -0.39 is 0 Å². The number of nitrogen functional groups attached to an aromatic ring is 1. The van der Waals surface area contributed by atoms with Crippen LogP contribution < -0.4 is 11.1 Å². The molecule has 17 heavy (non-hydrogen) atoms. The summed E-state index contributed by atoms with van der Waals surface area (Å²) in [7, 11) is 0. The molecule has 0 unspecified atom stereocenters. The molecule has 4 heteroatoms. The maximum atomic E-state index is 8.88. The monoisotopic (exact) mass is 230 g/mol. The number of aromatic nitrogens is 1. The summed E-state index contributed by atoms with van der Waals surface area (Å²) in [5.74, 6) is 0.722. The number of nitrogens with one attached hydrogen (secondary N) is 1. The lowest BCUT2D eigenvalue weighted by Crippen LogP contribution is -2.12. The lowest BCUT2D eigenvalue weighted by Gasteiger charge is -2.08. The molecule has 1 aromatic rings. The smallest absolute Gasteiger partial charge is 0.165 e. The van der Waals surface area contributed by atoms with Crippen molar-refractivity contribution >= 4 is 11.5 Å². The topological polar surface area (TPSA) is 74.7 Å². The lowest BCUT2D eigenvalue weighted by atomic mass is 10.0. The van der Waals surface area contributed by atoms with Gasteiger partial charge in [-0.05, 0) is 23.0 Å². The van der Waals surface area contributed by atoms with E-state index in [1.54, 1.807) is 6.07 Å². The molecule has 0 aromatic carbocycles. The molecular formula is C13H18N4. The van der Waals surface area contributed by atoms with Crippen molar-refractivity contribution in [3.8, 4) is 6.07 Å². The number of nitrogens with zero attached hydrogens (tertiary/aromatic N) is 2. The summed E-state index contributed by atoms with van der Waals surface area (Å²) < 4.78 is 0. The van der Waals surface area contributed by atoms with Crippen molar-refractivity contribution in [2.45, 2.75) is 33.7 Å². The lowest BCUT2D eigenvalue weighted by molar-refractivity contribution is 0.457. The minimum Gasteiger partial charge on any atom is -0.396 e. The third-order valence-corrected chi connectivity index (χ3v) is 4.35. The average Bonchev–Trinajstić information content (AvgIpc) is 2.63. The van der Waals surface area contributed by atoms with E-state index in [2.05, 4.69) is 38.0 Å². The molecule has 0 atom stereocenters. The fourth-order valence-electron chi connectivity index (χ4n) is 2.34. The van der Waals surface area contributed by atoms with E-state index in [9.17, 15) is 0 Å². The summed E-state index contributed by atoms with van der Waals surface area (Å²) in [5.41, 5.74) is 6.83. The predicted molar refractivity (Wildman–Crippen MR) is 68.3 cm³/mol. The molecule has 1 heterocycles. The van der Waals surface area contributed by atoms with Crippen LogP contribution in [0, 0.1) is 22.2 Å². The van der Waals surface area contributed by atoms with E-state index in [1.165, 1.54) is 0 Å². The second-order valence-corrected chi connectivity index (χ2v) is 5.77. The third kappa shape index (κ3) is 1.62. The van der Waals surface area contributed by atoms with E-state index in [0.717, 1.165) is 5.82 Å². The van der Waals surface area contributed by atoms with E-state index in [-0.39, 0.29) is 16.5 Å². The van der Waals surface area contributed by atoms with Crippen molar-refractivity contribution in [1.29, 1.82) is 5.26 Å². The van der Waals surface area contributed by atoms with Crippen LogP contribution in [0.15, 0.2) is 12.1 Å². The molecule has 1 aromatic heterocycles. The Hall–Kier alpha value is -1.76. The first-order valence-electron chi connectivity index (χ1n) is 5.74. The Bertz CT molecular complexity index is 483. The minimum atomic E-state index is 0.239. The highest BCUT2D eigenvalue weighted by molar-refractivity contribution is 5.55. The van der Waals surface area contributed by atoms with Crippen LogP contribution in [0.1, 0.15) is 33.4 Å². The molecule has 0 radical (unpaired) electrons. The fourth-order valence-corrected chi connectivity index (χ4v) is 2.34. The van der Waals surface area contributed by atoms with Gasteiger partial charge in [-0.15, -0.1) is 0 Å². The van der Waals surface area contributed by atoms with Gasteiger partial charge in [0.05, 0.1) is 5.69 Å². The summed E-state index contributed by atoms with van der Waals surface area (Å²) in [5, 5.41) is 12.3. The van der Waals surface area contributed by atoms with E-state index >= 15 is 0 Å². The zero-order valence-corrected chi connectivity index (χ0v) is 10.7. The van der Waals surface area contributed by atoms with Gasteiger partial charge in [-0.2, -0.15) is 5.26 Å². The molecule has 90 valence electrons. The standard InChI is InChI=1S/C13H18N4/c1-12(2)11(13(12,3)4)17-10-6-5-8(15)9(7-14)16-10/h5-6,11H,15H2,1-4H3,(H,16,17). The molecule has 4 nitrogen and oxygen atoms in total. The summed E-state index contributed by atoms with van der Waals surface area (Å²) in [6.07, 6.45) is 0. The molecule has 3 N–H and O–H groups in total. The molecular weight excluding hydrogens is 212 g/mol. The van der Waals surface area contributed by atoms with E-state index in [0.29, 0.717) is 11.7 Å². The van der Waals surface area contributed by atoms with Crippen molar-refractivity contribution in [2.24, 2.45) is 10.8 Å². The van der Waals surface area contributed by atoms with Crippen molar-refractivity contribution in [3.05, 3.63) is 17.8 Å². The maximum Gasteiger partial charge on any atom is 0.165 e. The van der Waals surface area contributed by atoms with Gasteiger partial charge in [-0.25, -0.2) is 4.98 Å². The average molecular weight is 230 g/mol. The molecule has 0 spiro atoms. The SMILES string of the molecule is CC1(C)C(Nc2ccc(N)c(C#N)n2)C1(C)C. The molecule has 0 amide bonds. The molecule has 1 aliphatic rings. The van der Waals surface area contributed by atoms with Crippen LogP contribution in [0.3, 0.4) is 0 Å². The number of pyridine rings is 1. The minimum absolute atomic E-state index is 0.239. The Morgan fingerprint density at radius 2 is 1.88 bits per heavy atom. The Kier molecular flexibility index (Phi) is 2.32. The predicted octanol–water partition coefficient (Wildman–Crippen LogP) is 2.38. The van der Waals surface area contributed by atoms with Gasteiger partial charge in [0.1, 0.15) is 11.9 Å². The van der Waals surface area contributed by atoms with Crippen LogP contribution in [-0.2, 0) is 0 Å². The molecule has 0 bridgehead atoms. The highest BCUT2D eigenvalue weighted by atomic mass is 15.1. The van der Waals surface area contributed by atoms with Crippen molar-refractivity contribution in [3.63, 3.8) is 0 Å². The van der Waals surface area contributed by atoms with Gasteiger partial charge >= 0.3 is 0 Å². The number of nitrogens with two attached hydrogens (primary N) is 1. The highest BCUT2D eigenvalue weighted by Crippen LogP contribution is 2.63. The zero-order valence-electron chi connectivity index (χ0n) is 10.7. The van der Waals surface area contributed by atoms with Gasteiger partial charge in [0, 0.05) is 6.04 Å². The number of nitriles is 1. The van der Waals surface area contributed by atoms with Gasteiger partial charge in [-0.1, -0.05) is 27.7 Å². The molecule has 1 aliphatic carbocycles. The highest BCUT2D eigenvalue weighted by Gasteiger charge is 2.65. The van der Waals surface area contributed by atoms with Crippen LogP contribution in [0.2, 0.25) is 0 Å². The van der Waals surface area contributed by atoms with Gasteiger partial charge in [0.25, 0.3) is 0 Å². The number of rotatable bonds is 2. The summed E-state index contributed by atoms with van der Waals surface area (Å²) in [6.45, 7) is 8.92. The second-order valence-electron chi connectivity index (χ2n) is 5.77. The third-order valence-electron chi connectivity index (χ3n) is 4.35. The number of anilines is 2. The van der Waals surface area contributed by atoms with E-state index in [1.807, 2.05) is 12.1 Å². The Labute approximate surface area is 102 Å². The summed E-state index contributed by atoms with van der Waals surface area (Å²) >= 11 is 0. The van der Waals surface area contributed by atoms with Crippen LogP contribution >= 0.6 is 0 Å². The van der Waals surface area contributed by atoms with Gasteiger partial charge < -0.3 is 11.1 Å². The van der Waals surface area contributed by atoms with E-state index in [4.69, 9.17) is 11.0 Å². The zero-order chi connectivity index (χ0) is 12.8. The van der Waals surface area contributed by atoms with Gasteiger partial charge in [0.15, 0.2) is 5.69 Å². The summed E-state index contributed by atoms with van der Waals surface area (Å²) in [6, 6.07) is 5.91. The normalized spacial score (nSPS) is 20.6. The van der Waals surface area contributed by atoms with Crippen LogP contribution in [0.4, 0.5) is 11.5 Å². The van der Waals surface area contributed by atoms with Gasteiger partial charge in [-0.3, -0.25) is 0 Å². The summed E-state index contributed by atoms with van der Waals surface area (Å²) in [4.78, 5) is 4.20. The largest absolute Gasteiger partial charge is 0.396 e.